The summed E-state index contributed by atoms with van der Waals surface area (Å²) in [5.41, 5.74) is 1.19. The largest absolute Gasteiger partial charge is 0.338 e. The summed E-state index contributed by atoms with van der Waals surface area (Å²) in [5.74, 6) is 0.190. The van der Waals surface area contributed by atoms with E-state index >= 15 is 0 Å². The van der Waals surface area contributed by atoms with Crippen molar-refractivity contribution in [1.29, 1.82) is 0 Å². The van der Waals surface area contributed by atoms with E-state index in [1.54, 1.807) is 11.3 Å². The van der Waals surface area contributed by atoms with E-state index in [0.29, 0.717) is 5.41 Å². The number of rotatable bonds is 3. The molecule has 1 aromatic rings. The zero-order valence-electron chi connectivity index (χ0n) is 10.3. The van der Waals surface area contributed by atoms with Crippen molar-refractivity contribution >= 4 is 33.2 Å². The predicted octanol–water partition coefficient (Wildman–Crippen LogP) is 4.16. The molecule has 1 aliphatic rings. The van der Waals surface area contributed by atoms with Gasteiger partial charge in [-0.05, 0) is 46.7 Å². The molecule has 0 aromatic carbocycles. The quantitative estimate of drug-likeness (QED) is 0.820. The molecular formula is C13H18BrNOS. The third kappa shape index (κ3) is 2.58. The van der Waals surface area contributed by atoms with Gasteiger partial charge in [0.05, 0.1) is 9.35 Å². The van der Waals surface area contributed by atoms with E-state index in [-0.39, 0.29) is 5.91 Å². The first-order chi connectivity index (χ1) is 8.10. The molecule has 1 fully saturated rings. The normalized spacial score (nSPS) is 18.6. The number of carbonyl (C=O) groups is 1. The van der Waals surface area contributed by atoms with Gasteiger partial charge in [0.15, 0.2) is 0 Å². The molecule has 0 bridgehead atoms. The zero-order valence-corrected chi connectivity index (χ0v) is 12.7. The number of likely N-dealkylation sites (tertiary alicyclic amines) is 1. The fourth-order valence-electron chi connectivity index (χ4n) is 2.54. The molecule has 1 amide bonds. The fraction of sp³-hybridized carbons (Fsp3) is 0.615. The molecule has 2 heterocycles. The van der Waals surface area contributed by atoms with E-state index in [9.17, 15) is 4.79 Å². The summed E-state index contributed by atoms with van der Waals surface area (Å²) in [4.78, 5) is 14.3. The van der Waals surface area contributed by atoms with Crippen LogP contribution in [0.1, 0.15) is 43.5 Å². The van der Waals surface area contributed by atoms with Gasteiger partial charge in [-0.2, -0.15) is 0 Å². The number of nitrogens with zero attached hydrogens (tertiary/aromatic N) is 1. The first-order valence-electron chi connectivity index (χ1n) is 6.13. The molecule has 0 unspecified atom stereocenters. The standard InChI is InChI=1S/C13H18BrNOS/c1-3-13(4-2)5-6-15(9-13)12(16)10-7-11(14)17-8-10/h7-8H,3-6,9H2,1-2H3. The molecule has 4 heteroatoms. The summed E-state index contributed by atoms with van der Waals surface area (Å²) in [6.45, 7) is 6.30. The molecule has 1 aliphatic heterocycles. The third-order valence-electron chi connectivity index (χ3n) is 4.04. The molecule has 0 aliphatic carbocycles. The summed E-state index contributed by atoms with van der Waals surface area (Å²) in [5, 5.41) is 1.93. The fourth-order valence-corrected chi connectivity index (χ4v) is 3.67. The van der Waals surface area contributed by atoms with Gasteiger partial charge < -0.3 is 4.90 Å². The molecular weight excluding hydrogens is 298 g/mol. The smallest absolute Gasteiger partial charge is 0.254 e. The Hall–Kier alpha value is -0.350. The van der Waals surface area contributed by atoms with Crippen molar-refractivity contribution < 1.29 is 4.79 Å². The number of halogens is 1. The van der Waals surface area contributed by atoms with Gasteiger partial charge in [-0.1, -0.05) is 13.8 Å². The third-order valence-corrected chi connectivity index (χ3v) is 5.54. The van der Waals surface area contributed by atoms with E-state index in [4.69, 9.17) is 0 Å². The molecule has 2 nitrogen and oxygen atoms in total. The SMILES string of the molecule is CCC1(CC)CCN(C(=O)c2csc(Br)c2)C1. The van der Waals surface area contributed by atoms with Crippen LogP contribution in [0.15, 0.2) is 15.2 Å². The Labute approximate surface area is 115 Å². The maximum atomic E-state index is 12.3. The van der Waals surface area contributed by atoms with Crippen LogP contribution in [-0.4, -0.2) is 23.9 Å². The molecule has 1 saturated heterocycles. The maximum Gasteiger partial charge on any atom is 0.254 e. The lowest BCUT2D eigenvalue weighted by molar-refractivity contribution is 0.0770. The highest BCUT2D eigenvalue weighted by atomic mass is 79.9. The van der Waals surface area contributed by atoms with Crippen molar-refractivity contribution in [1.82, 2.24) is 4.90 Å². The molecule has 94 valence electrons. The Morgan fingerprint density at radius 1 is 1.53 bits per heavy atom. The van der Waals surface area contributed by atoms with Gasteiger partial charge >= 0.3 is 0 Å². The Morgan fingerprint density at radius 2 is 2.24 bits per heavy atom. The van der Waals surface area contributed by atoms with E-state index in [1.165, 1.54) is 12.8 Å². The highest BCUT2D eigenvalue weighted by Gasteiger charge is 2.37. The molecule has 0 atom stereocenters. The average Bonchev–Trinajstić information content (AvgIpc) is 2.95. The van der Waals surface area contributed by atoms with E-state index in [1.807, 2.05) is 16.3 Å². The lowest BCUT2D eigenvalue weighted by Gasteiger charge is -2.26. The van der Waals surface area contributed by atoms with Gasteiger partial charge in [0, 0.05) is 18.5 Å². The second kappa shape index (κ2) is 5.11. The number of thiophene rings is 1. The van der Waals surface area contributed by atoms with Crippen LogP contribution in [0.4, 0.5) is 0 Å². The van der Waals surface area contributed by atoms with Crippen LogP contribution >= 0.6 is 27.3 Å². The summed E-state index contributed by atoms with van der Waals surface area (Å²) >= 11 is 4.98. The Bertz CT molecular complexity index is 411. The lowest BCUT2D eigenvalue weighted by Crippen LogP contribution is -2.31. The van der Waals surface area contributed by atoms with Crippen molar-refractivity contribution in [2.45, 2.75) is 33.1 Å². The number of amides is 1. The number of hydrogen-bond acceptors (Lipinski definition) is 2. The van der Waals surface area contributed by atoms with Gasteiger partial charge in [0.25, 0.3) is 5.91 Å². The predicted molar refractivity (Wildman–Crippen MR) is 75.6 cm³/mol. The minimum Gasteiger partial charge on any atom is -0.338 e. The minimum atomic E-state index is 0.190. The Kier molecular flexibility index (Phi) is 3.93. The summed E-state index contributed by atoms with van der Waals surface area (Å²) in [6.07, 6.45) is 3.48. The number of hydrogen-bond donors (Lipinski definition) is 0. The van der Waals surface area contributed by atoms with Crippen LogP contribution in [-0.2, 0) is 0 Å². The second-order valence-corrected chi connectivity index (χ2v) is 7.11. The molecule has 2 rings (SSSR count). The van der Waals surface area contributed by atoms with Crippen molar-refractivity contribution in [2.75, 3.05) is 13.1 Å². The van der Waals surface area contributed by atoms with Crippen molar-refractivity contribution in [2.24, 2.45) is 5.41 Å². The first-order valence-corrected chi connectivity index (χ1v) is 7.81. The van der Waals surface area contributed by atoms with E-state index < -0.39 is 0 Å². The zero-order chi connectivity index (χ0) is 12.5. The molecule has 17 heavy (non-hydrogen) atoms. The van der Waals surface area contributed by atoms with Crippen LogP contribution < -0.4 is 0 Å². The highest BCUT2D eigenvalue weighted by molar-refractivity contribution is 9.11. The lowest BCUT2D eigenvalue weighted by atomic mass is 9.82. The van der Waals surface area contributed by atoms with Crippen molar-refractivity contribution in [3.63, 3.8) is 0 Å². The molecule has 0 saturated carbocycles. The van der Waals surface area contributed by atoms with E-state index in [0.717, 1.165) is 28.9 Å². The van der Waals surface area contributed by atoms with Crippen LogP contribution in [0.25, 0.3) is 0 Å². The summed E-state index contributed by atoms with van der Waals surface area (Å²) < 4.78 is 1.03. The molecule has 0 spiro atoms. The monoisotopic (exact) mass is 315 g/mol. The molecule has 0 N–H and O–H groups in total. The van der Waals surface area contributed by atoms with Gasteiger partial charge in [0.1, 0.15) is 0 Å². The van der Waals surface area contributed by atoms with Crippen LogP contribution in [0.3, 0.4) is 0 Å². The van der Waals surface area contributed by atoms with E-state index in [2.05, 4.69) is 29.8 Å². The Morgan fingerprint density at radius 3 is 2.71 bits per heavy atom. The minimum absolute atomic E-state index is 0.190. The highest BCUT2D eigenvalue weighted by Crippen LogP contribution is 2.37. The maximum absolute atomic E-state index is 12.3. The average molecular weight is 316 g/mol. The van der Waals surface area contributed by atoms with Crippen LogP contribution in [0.5, 0.6) is 0 Å². The van der Waals surface area contributed by atoms with Gasteiger partial charge in [-0.3, -0.25) is 4.79 Å². The van der Waals surface area contributed by atoms with Gasteiger partial charge in [-0.15, -0.1) is 11.3 Å². The van der Waals surface area contributed by atoms with Crippen LogP contribution in [0.2, 0.25) is 0 Å². The van der Waals surface area contributed by atoms with Crippen molar-refractivity contribution in [3.05, 3.63) is 20.8 Å². The van der Waals surface area contributed by atoms with Crippen LogP contribution in [0, 0.1) is 5.41 Å². The molecule has 0 radical (unpaired) electrons. The number of carbonyl (C=O) groups excluding carboxylic acids is 1. The topological polar surface area (TPSA) is 20.3 Å². The van der Waals surface area contributed by atoms with Gasteiger partial charge in [0.2, 0.25) is 0 Å². The first kappa shape index (κ1) is 13.1. The summed E-state index contributed by atoms with van der Waals surface area (Å²) in [7, 11) is 0. The molecule has 1 aromatic heterocycles. The van der Waals surface area contributed by atoms with Crippen molar-refractivity contribution in [3.8, 4) is 0 Å². The van der Waals surface area contributed by atoms with Gasteiger partial charge in [-0.25, -0.2) is 0 Å². The Balaban J connectivity index is 2.08. The second-order valence-electron chi connectivity index (χ2n) is 4.82. The summed E-state index contributed by atoms with van der Waals surface area (Å²) in [6, 6.07) is 1.92.